The molecule has 3 aliphatic heterocycles. The molecule has 2 bridgehead atoms. The van der Waals surface area contributed by atoms with Gasteiger partial charge in [-0.15, -0.1) is 0 Å². The predicted molar refractivity (Wildman–Crippen MR) is 74.6 cm³/mol. The lowest BCUT2D eigenvalue weighted by atomic mass is 9.84. The third-order valence-corrected chi connectivity index (χ3v) is 4.88. The Hall–Kier alpha value is -0.770. The van der Waals surface area contributed by atoms with Crippen LogP contribution in [0.3, 0.4) is 0 Å². The van der Waals surface area contributed by atoms with Crippen molar-refractivity contribution in [3.8, 4) is 0 Å². The van der Waals surface area contributed by atoms with Gasteiger partial charge in [0.05, 0.1) is 6.04 Å². The number of aliphatic imine (C=N–C) groups is 1. The molecule has 1 unspecified atom stereocenters. The van der Waals surface area contributed by atoms with Gasteiger partial charge in [0.15, 0.2) is 5.96 Å². The first-order chi connectivity index (χ1) is 8.81. The van der Waals surface area contributed by atoms with Crippen molar-refractivity contribution in [1.82, 2.24) is 10.2 Å². The molecule has 3 heterocycles. The Morgan fingerprint density at radius 1 is 1.06 bits per heavy atom. The summed E-state index contributed by atoms with van der Waals surface area (Å²) in [5.74, 6) is 1.47. The molecule has 1 saturated carbocycles. The summed E-state index contributed by atoms with van der Waals surface area (Å²) in [6.07, 6.45) is 9.20. The summed E-state index contributed by atoms with van der Waals surface area (Å²) in [7, 11) is 0. The van der Waals surface area contributed by atoms with Crippen LogP contribution in [0.25, 0.3) is 0 Å². The molecule has 0 aromatic heterocycles. The molecule has 4 rings (SSSR count). The van der Waals surface area contributed by atoms with Crippen LogP contribution < -0.4 is 11.1 Å². The first kappa shape index (κ1) is 12.3. The lowest BCUT2D eigenvalue weighted by molar-refractivity contribution is 0.0903. The van der Waals surface area contributed by atoms with E-state index in [1.165, 1.54) is 58.0 Å². The number of fused-ring (bicyclic) bond motifs is 3. The average molecular weight is 250 g/mol. The molecule has 1 aliphatic carbocycles. The van der Waals surface area contributed by atoms with E-state index in [-0.39, 0.29) is 0 Å². The Morgan fingerprint density at radius 3 is 2.39 bits per heavy atom. The van der Waals surface area contributed by atoms with Crippen LogP contribution >= 0.6 is 0 Å². The molecule has 3 saturated heterocycles. The van der Waals surface area contributed by atoms with Crippen molar-refractivity contribution in [3.05, 3.63) is 0 Å². The van der Waals surface area contributed by atoms with Crippen LogP contribution in [0.15, 0.2) is 4.99 Å². The number of nitrogens with two attached hydrogens (primary N) is 1. The summed E-state index contributed by atoms with van der Waals surface area (Å²) in [5.41, 5.74) is 6.09. The molecule has 0 radical (unpaired) electrons. The van der Waals surface area contributed by atoms with Gasteiger partial charge in [0.2, 0.25) is 0 Å². The van der Waals surface area contributed by atoms with E-state index in [1.807, 2.05) is 0 Å². The molecular weight excluding hydrogens is 224 g/mol. The van der Waals surface area contributed by atoms with E-state index in [9.17, 15) is 0 Å². The number of hydrogen-bond acceptors (Lipinski definition) is 2. The largest absolute Gasteiger partial charge is 0.370 e. The van der Waals surface area contributed by atoms with Gasteiger partial charge in [0, 0.05) is 12.6 Å². The average Bonchev–Trinajstić information content (AvgIpc) is 2.41. The summed E-state index contributed by atoms with van der Waals surface area (Å²) < 4.78 is 0. The zero-order chi connectivity index (χ0) is 12.4. The van der Waals surface area contributed by atoms with Crippen LogP contribution in [-0.2, 0) is 0 Å². The molecule has 0 aromatic rings. The summed E-state index contributed by atoms with van der Waals surface area (Å²) in [5, 5.41) is 3.43. The Balaban J connectivity index is 1.54. The van der Waals surface area contributed by atoms with Gasteiger partial charge in [-0.25, -0.2) is 4.99 Å². The van der Waals surface area contributed by atoms with E-state index >= 15 is 0 Å². The van der Waals surface area contributed by atoms with Gasteiger partial charge >= 0.3 is 0 Å². The molecule has 4 heteroatoms. The second-order valence-electron chi connectivity index (χ2n) is 6.20. The molecule has 0 amide bonds. The highest BCUT2D eigenvalue weighted by atomic mass is 15.2. The van der Waals surface area contributed by atoms with Gasteiger partial charge in [-0.3, -0.25) is 0 Å². The zero-order valence-corrected chi connectivity index (χ0v) is 11.3. The minimum absolute atomic E-state index is 0.448. The van der Waals surface area contributed by atoms with Crippen molar-refractivity contribution < 1.29 is 0 Å². The van der Waals surface area contributed by atoms with E-state index in [1.54, 1.807) is 0 Å². The van der Waals surface area contributed by atoms with Crippen LogP contribution in [0.1, 0.15) is 44.9 Å². The summed E-state index contributed by atoms with van der Waals surface area (Å²) >= 11 is 0. The molecule has 4 nitrogen and oxygen atoms in total. The standard InChI is InChI=1S/C14H26N4/c15-14(16-12-4-2-1-3-5-12)17-13-10-18-8-6-11(13)7-9-18/h11-13H,1-10H2,(H3,15,16,17). The van der Waals surface area contributed by atoms with Gasteiger partial charge in [-0.05, 0) is 44.7 Å². The fourth-order valence-electron chi connectivity index (χ4n) is 3.75. The fraction of sp³-hybridized carbons (Fsp3) is 0.929. The highest BCUT2D eigenvalue weighted by Crippen LogP contribution is 2.29. The quantitative estimate of drug-likeness (QED) is 0.574. The maximum absolute atomic E-state index is 6.09. The van der Waals surface area contributed by atoms with Crippen LogP contribution in [-0.4, -0.2) is 42.6 Å². The van der Waals surface area contributed by atoms with Gasteiger partial charge in [-0.1, -0.05) is 19.3 Å². The molecule has 4 aliphatic rings. The number of guanidine groups is 1. The Morgan fingerprint density at radius 2 is 1.78 bits per heavy atom. The predicted octanol–water partition coefficient (Wildman–Crippen LogP) is 1.32. The van der Waals surface area contributed by atoms with Gasteiger partial charge < -0.3 is 16.0 Å². The first-order valence-electron chi connectivity index (χ1n) is 7.63. The summed E-state index contributed by atoms with van der Waals surface area (Å²) in [6.45, 7) is 3.66. The van der Waals surface area contributed by atoms with Crippen LogP contribution in [0.5, 0.6) is 0 Å². The number of piperidine rings is 3. The van der Waals surface area contributed by atoms with Crippen LogP contribution in [0, 0.1) is 5.92 Å². The lowest BCUT2D eigenvalue weighted by Crippen LogP contribution is -2.51. The van der Waals surface area contributed by atoms with Gasteiger partial charge in [-0.2, -0.15) is 0 Å². The van der Waals surface area contributed by atoms with Crippen molar-refractivity contribution in [3.63, 3.8) is 0 Å². The summed E-state index contributed by atoms with van der Waals surface area (Å²) in [4.78, 5) is 7.28. The van der Waals surface area contributed by atoms with Crippen LogP contribution in [0.4, 0.5) is 0 Å². The summed E-state index contributed by atoms with van der Waals surface area (Å²) in [6, 6.07) is 1.02. The van der Waals surface area contributed by atoms with E-state index in [0.29, 0.717) is 18.0 Å². The van der Waals surface area contributed by atoms with E-state index in [2.05, 4.69) is 10.2 Å². The molecular formula is C14H26N4. The fourth-order valence-corrected chi connectivity index (χ4v) is 3.75. The Bertz CT molecular complexity index is 301. The molecule has 0 aromatic carbocycles. The minimum atomic E-state index is 0.448. The van der Waals surface area contributed by atoms with E-state index in [4.69, 9.17) is 10.7 Å². The van der Waals surface area contributed by atoms with Crippen LogP contribution in [0.2, 0.25) is 0 Å². The zero-order valence-electron chi connectivity index (χ0n) is 11.3. The molecule has 1 atom stereocenters. The second-order valence-corrected chi connectivity index (χ2v) is 6.20. The highest BCUT2D eigenvalue weighted by molar-refractivity contribution is 5.78. The monoisotopic (exact) mass is 250 g/mol. The smallest absolute Gasteiger partial charge is 0.189 e. The Labute approximate surface area is 110 Å². The SMILES string of the molecule is NC(=NC1CN2CCC1CC2)NC1CCCCC1. The maximum Gasteiger partial charge on any atom is 0.189 e. The van der Waals surface area contributed by atoms with Crippen molar-refractivity contribution in [2.75, 3.05) is 19.6 Å². The maximum atomic E-state index is 6.09. The van der Waals surface area contributed by atoms with Gasteiger partial charge in [0.25, 0.3) is 0 Å². The third kappa shape index (κ3) is 2.79. The first-order valence-corrected chi connectivity index (χ1v) is 7.63. The molecule has 18 heavy (non-hydrogen) atoms. The Kier molecular flexibility index (Phi) is 3.73. The molecule has 3 N–H and O–H groups in total. The van der Waals surface area contributed by atoms with Crippen molar-refractivity contribution in [1.29, 1.82) is 0 Å². The lowest BCUT2D eigenvalue weighted by Gasteiger charge is -2.43. The van der Waals surface area contributed by atoms with Crippen molar-refractivity contribution in [2.45, 2.75) is 57.0 Å². The molecule has 102 valence electrons. The topological polar surface area (TPSA) is 53.6 Å². The van der Waals surface area contributed by atoms with E-state index < -0.39 is 0 Å². The van der Waals surface area contributed by atoms with Crippen molar-refractivity contribution >= 4 is 5.96 Å². The number of hydrogen-bond donors (Lipinski definition) is 2. The van der Waals surface area contributed by atoms with Gasteiger partial charge in [0.1, 0.15) is 0 Å². The number of rotatable bonds is 2. The molecule has 4 fully saturated rings. The normalized spacial score (nSPS) is 37.8. The highest BCUT2D eigenvalue weighted by Gasteiger charge is 2.34. The second kappa shape index (κ2) is 5.47. The van der Waals surface area contributed by atoms with Crippen molar-refractivity contribution in [2.24, 2.45) is 16.6 Å². The number of nitrogens with one attached hydrogen (secondary N) is 1. The number of nitrogens with zero attached hydrogens (tertiary/aromatic N) is 2. The molecule has 0 spiro atoms. The van der Waals surface area contributed by atoms with E-state index in [0.717, 1.165) is 12.5 Å². The third-order valence-electron chi connectivity index (χ3n) is 4.88. The minimum Gasteiger partial charge on any atom is -0.370 e.